The Morgan fingerprint density at radius 1 is 1.18 bits per heavy atom. The molecule has 2 aromatic rings. The molecule has 0 spiro atoms. The highest BCUT2D eigenvalue weighted by atomic mass is 79.9. The van der Waals surface area contributed by atoms with Gasteiger partial charge in [0.05, 0.1) is 5.69 Å². The van der Waals surface area contributed by atoms with Crippen LogP contribution in [0.15, 0.2) is 40.9 Å². The molecular weight excluding hydrogens is 308 g/mol. The number of hydrogen-bond acceptors (Lipinski definition) is 2. The molecule has 0 aliphatic rings. The number of ether oxygens (including phenoxy) is 1. The fourth-order valence-electron chi connectivity index (χ4n) is 1.33. The standard InChI is InChI=1S/C12H8BrClFNO/c13-7-3-9(15)6-10(4-7)17-12-2-1-8(14)5-11(12)16/h1-6H,16H2. The lowest BCUT2D eigenvalue weighted by Crippen LogP contribution is -1.92. The van der Waals surface area contributed by atoms with Crippen LogP contribution in [0, 0.1) is 5.82 Å². The Morgan fingerprint density at radius 3 is 2.59 bits per heavy atom. The summed E-state index contributed by atoms with van der Waals surface area (Å²) >= 11 is 8.95. The molecule has 0 amide bonds. The molecule has 0 aliphatic carbocycles. The van der Waals surface area contributed by atoms with E-state index in [9.17, 15) is 4.39 Å². The minimum absolute atomic E-state index is 0.367. The van der Waals surface area contributed by atoms with E-state index in [1.807, 2.05) is 0 Å². The molecule has 2 nitrogen and oxygen atoms in total. The SMILES string of the molecule is Nc1cc(Cl)ccc1Oc1cc(F)cc(Br)c1. The largest absolute Gasteiger partial charge is 0.455 e. The third-order valence-corrected chi connectivity index (χ3v) is 2.73. The number of halogens is 3. The van der Waals surface area contributed by atoms with Crippen molar-refractivity contribution >= 4 is 33.2 Å². The minimum atomic E-state index is -0.387. The van der Waals surface area contributed by atoms with Crippen LogP contribution in [0.5, 0.6) is 11.5 Å². The second kappa shape index (κ2) is 4.94. The molecule has 0 saturated carbocycles. The van der Waals surface area contributed by atoms with E-state index in [1.165, 1.54) is 12.1 Å². The van der Waals surface area contributed by atoms with Crippen molar-refractivity contribution in [2.45, 2.75) is 0 Å². The molecule has 2 rings (SSSR count). The third kappa shape index (κ3) is 3.11. The lowest BCUT2D eigenvalue weighted by Gasteiger charge is -2.09. The fourth-order valence-corrected chi connectivity index (χ4v) is 1.95. The van der Waals surface area contributed by atoms with E-state index in [-0.39, 0.29) is 5.82 Å². The van der Waals surface area contributed by atoms with E-state index < -0.39 is 0 Å². The Kier molecular flexibility index (Phi) is 3.54. The molecule has 2 aromatic carbocycles. The van der Waals surface area contributed by atoms with E-state index in [0.717, 1.165) is 0 Å². The molecule has 0 radical (unpaired) electrons. The lowest BCUT2D eigenvalue weighted by atomic mass is 10.3. The lowest BCUT2D eigenvalue weighted by molar-refractivity contribution is 0.478. The number of anilines is 1. The molecule has 88 valence electrons. The van der Waals surface area contributed by atoms with Gasteiger partial charge in [-0.15, -0.1) is 0 Å². The molecular formula is C12H8BrClFNO. The van der Waals surface area contributed by atoms with Crippen LogP contribution in [0.3, 0.4) is 0 Å². The fraction of sp³-hybridized carbons (Fsp3) is 0. The van der Waals surface area contributed by atoms with Gasteiger partial charge in [-0.05, 0) is 30.3 Å². The summed E-state index contributed by atoms with van der Waals surface area (Å²) in [6.07, 6.45) is 0. The number of nitrogens with two attached hydrogens (primary N) is 1. The van der Waals surface area contributed by atoms with Gasteiger partial charge >= 0.3 is 0 Å². The summed E-state index contributed by atoms with van der Waals surface area (Å²) in [6, 6.07) is 9.14. The molecule has 0 saturated heterocycles. The Labute approximate surface area is 111 Å². The summed E-state index contributed by atoms with van der Waals surface area (Å²) in [4.78, 5) is 0. The van der Waals surface area contributed by atoms with Crippen molar-refractivity contribution in [1.82, 2.24) is 0 Å². The zero-order valence-corrected chi connectivity index (χ0v) is 10.9. The predicted molar refractivity (Wildman–Crippen MR) is 70.0 cm³/mol. The third-order valence-electron chi connectivity index (χ3n) is 2.04. The molecule has 0 aliphatic heterocycles. The summed E-state index contributed by atoms with van der Waals surface area (Å²) in [6.45, 7) is 0. The first-order valence-electron chi connectivity index (χ1n) is 4.73. The van der Waals surface area contributed by atoms with Crippen LogP contribution >= 0.6 is 27.5 Å². The van der Waals surface area contributed by atoms with Crippen molar-refractivity contribution in [3.63, 3.8) is 0 Å². The van der Waals surface area contributed by atoms with E-state index in [2.05, 4.69) is 15.9 Å². The molecule has 0 fully saturated rings. The second-order valence-corrected chi connectivity index (χ2v) is 4.74. The smallest absolute Gasteiger partial charge is 0.150 e. The number of rotatable bonds is 2. The highest BCUT2D eigenvalue weighted by Gasteiger charge is 2.05. The summed E-state index contributed by atoms with van der Waals surface area (Å²) < 4.78 is 19.2. The number of nitrogen functional groups attached to an aromatic ring is 1. The molecule has 0 bridgehead atoms. The quantitative estimate of drug-likeness (QED) is 0.821. The maximum absolute atomic E-state index is 13.1. The van der Waals surface area contributed by atoms with E-state index in [4.69, 9.17) is 22.1 Å². The van der Waals surface area contributed by atoms with Gasteiger partial charge in [0.1, 0.15) is 17.3 Å². The average Bonchev–Trinajstić information content (AvgIpc) is 2.21. The zero-order chi connectivity index (χ0) is 12.4. The topological polar surface area (TPSA) is 35.2 Å². The Balaban J connectivity index is 2.31. The summed E-state index contributed by atoms with van der Waals surface area (Å²) in [5.41, 5.74) is 6.13. The Morgan fingerprint density at radius 2 is 1.94 bits per heavy atom. The maximum Gasteiger partial charge on any atom is 0.150 e. The first kappa shape index (κ1) is 12.2. The molecule has 0 atom stereocenters. The first-order valence-corrected chi connectivity index (χ1v) is 5.90. The minimum Gasteiger partial charge on any atom is -0.455 e. The number of benzene rings is 2. The maximum atomic E-state index is 13.1. The highest BCUT2D eigenvalue weighted by molar-refractivity contribution is 9.10. The molecule has 0 heterocycles. The van der Waals surface area contributed by atoms with E-state index in [0.29, 0.717) is 26.7 Å². The van der Waals surface area contributed by atoms with Crippen LogP contribution in [0.1, 0.15) is 0 Å². The molecule has 17 heavy (non-hydrogen) atoms. The van der Waals surface area contributed by atoms with Crippen molar-refractivity contribution in [3.05, 3.63) is 51.7 Å². The highest BCUT2D eigenvalue weighted by Crippen LogP contribution is 2.31. The monoisotopic (exact) mass is 315 g/mol. The molecule has 0 unspecified atom stereocenters. The van der Waals surface area contributed by atoms with Crippen LogP contribution in [0.25, 0.3) is 0 Å². The van der Waals surface area contributed by atoms with Crippen molar-refractivity contribution in [3.8, 4) is 11.5 Å². The normalized spacial score (nSPS) is 10.3. The van der Waals surface area contributed by atoms with Crippen molar-refractivity contribution in [2.75, 3.05) is 5.73 Å². The van der Waals surface area contributed by atoms with Gasteiger partial charge in [-0.2, -0.15) is 0 Å². The van der Waals surface area contributed by atoms with Crippen LogP contribution in [0.2, 0.25) is 5.02 Å². The van der Waals surface area contributed by atoms with E-state index >= 15 is 0 Å². The zero-order valence-electron chi connectivity index (χ0n) is 8.58. The summed E-state index contributed by atoms with van der Waals surface area (Å²) in [5, 5.41) is 0.523. The Hall–Kier alpha value is -1.26. The van der Waals surface area contributed by atoms with Crippen molar-refractivity contribution in [2.24, 2.45) is 0 Å². The van der Waals surface area contributed by atoms with Gasteiger partial charge in [0.15, 0.2) is 0 Å². The van der Waals surface area contributed by atoms with Gasteiger partial charge in [0.25, 0.3) is 0 Å². The van der Waals surface area contributed by atoms with Gasteiger partial charge in [-0.1, -0.05) is 27.5 Å². The Bertz CT molecular complexity index is 542. The van der Waals surface area contributed by atoms with Gasteiger partial charge in [-0.3, -0.25) is 0 Å². The number of hydrogen-bond donors (Lipinski definition) is 1. The summed E-state index contributed by atoms with van der Waals surface area (Å²) in [7, 11) is 0. The second-order valence-electron chi connectivity index (χ2n) is 3.39. The average molecular weight is 317 g/mol. The van der Waals surface area contributed by atoms with Crippen molar-refractivity contribution in [1.29, 1.82) is 0 Å². The molecule has 0 aromatic heterocycles. The van der Waals surface area contributed by atoms with Crippen LogP contribution in [0.4, 0.5) is 10.1 Å². The first-order chi connectivity index (χ1) is 8.04. The van der Waals surface area contributed by atoms with Gasteiger partial charge in [-0.25, -0.2) is 4.39 Å². The van der Waals surface area contributed by atoms with E-state index in [1.54, 1.807) is 24.3 Å². The predicted octanol–water partition coefficient (Wildman–Crippen LogP) is 4.62. The molecule has 2 N–H and O–H groups in total. The summed E-state index contributed by atoms with van der Waals surface area (Å²) in [5.74, 6) is 0.416. The van der Waals surface area contributed by atoms with Crippen LogP contribution in [-0.2, 0) is 0 Å². The van der Waals surface area contributed by atoms with Crippen molar-refractivity contribution < 1.29 is 9.13 Å². The van der Waals surface area contributed by atoms with Crippen LogP contribution in [-0.4, -0.2) is 0 Å². The van der Waals surface area contributed by atoms with Gasteiger partial charge < -0.3 is 10.5 Å². The van der Waals surface area contributed by atoms with Gasteiger partial charge in [0.2, 0.25) is 0 Å². The van der Waals surface area contributed by atoms with Gasteiger partial charge in [0, 0.05) is 15.6 Å². The van der Waals surface area contributed by atoms with Crippen LogP contribution < -0.4 is 10.5 Å². The molecule has 5 heteroatoms.